The number of nitrogens with zero attached hydrogens (tertiary/aromatic N) is 2. The third kappa shape index (κ3) is 4.40. The fraction of sp³-hybridized carbons (Fsp3) is 0.333. The molecule has 0 aliphatic rings. The van der Waals surface area contributed by atoms with Gasteiger partial charge in [-0.25, -0.2) is 0 Å². The lowest BCUT2D eigenvalue weighted by molar-refractivity contribution is -0.127. The van der Waals surface area contributed by atoms with E-state index >= 15 is 0 Å². The number of hydrogen-bond donors (Lipinski definition) is 0. The Hall–Kier alpha value is -1.64. The van der Waals surface area contributed by atoms with Crippen LogP contribution >= 0.6 is 0 Å². The Kier molecular flexibility index (Phi) is 4.54. The molecule has 3 heteroatoms. The maximum Gasteiger partial charge on any atom is 0.219 e. The molecule has 0 unspecified atom stereocenters. The number of rotatable bonds is 4. The molecule has 0 bridgehead atoms. The van der Waals surface area contributed by atoms with E-state index < -0.39 is 0 Å². The predicted octanol–water partition coefficient (Wildman–Crippen LogP) is 1.96. The minimum atomic E-state index is 0.102. The average Bonchev–Trinajstić information content (AvgIpc) is 2.25. The molecule has 1 heterocycles. The highest BCUT2D eigenvalue weighted by atomic mass is 16.2. The molecule has 1 aromatic heterocycles. The lowest BCUT2D eigenvalue weighted by Gasteiger charge is -2.12. The Bertz CT molecular complexity index is 333. The molecule has 1 aromatic rings. The average molecular weight is 204 g/mol. The first-order valence-corrected chi connectivity index (χ1v) is 4.98. The zero-order valence-corrected chi connectivity index (χ0v) is 9.18. The van der Waals surface area contributed by atoms with E-state index in [4.69, 9.17) is 0 Å². The van der Waals surface area contributed by atoms with Gasteiger partial charge in [-0.2, -0.15) is 0 Å². The smallest absolute Gasteiger partial charge is 0.219 e. The van der Waals surface area contributed by atoms with E-state index in [1.807, 2.05) is 24.4 Å². The fourth-order valence-electron chi connectivity index (χ4n) is 1.12. The molecule has 0 aromatic carbocycles. The monoisotopic (exact) mass is 204 g/mol. The summed E-state index contributed by atoms with van der Waals surface area (Å²) < 4.78 is 0. The number of carbonyl (C=O) groups excluding carboxylic acids is 1. The molecular formula is C12H16N2O. The molecule has 0 saturated heterocycles. The molecule has 1 amide bonds. The van der Waals surface area contributed by atoms with Gasteiger partial charge in [0.25, 0.3) is 0 Å². The highest BCUT2D eigenvalue weighted by Crippen LogP contribution is 2.00. The Balaban J connectivity index is 2.32. The van der Waals surface area contributed by atoms with Crippen molar-refractivity contribution in [1.82, 2.24) is 9.88 Å². The van der Waals surface area contributed by atoms with E-state index in [1.54, 1.807) is 25.1 Å². The van der Waals surface area contributed by atoms with Gasteiger partial charge in [0.05, 0.1) is 0 Å². The van der Waals surface area contributed by atoms with Crippen molar-refractivity contribution in [3.05, 3.63) is 36.2 Å². The topological polar surface area (TPSA) is 33.2 Å². The van der Waals surface area contributed by atoms with E-state index in [2.05, 4.69) is 11.1 Å². The number of carbonyl (C=O) groups is 1. The molecule has 15 heavy (non-hydrogen) atoms. The Morgan fingerprint density at radius 2 is 2.40 bits per heavy atom. The van der Waals surface area contributed by atoms with E-state index in [0.29, 0.717) is 0 Å². The number of pyridine rings is 1. The Labute approximate surface area is 90.4 Å². The van der Waals surface area contributed by atoms with Crippen LogP contribution < -0.4 is 0 Å². The summed E-state index contributed by atoms with van der Waals surface area (Å²) in [6, 6.07) is 3.90. The number of amides is 1. The molecule has 0 aliphatic carbocycles. The molecule has 0 saturated carbocycles. The van der Waals surface area contributed by atoms with Gasteiger partial charge in [-0.1, -0.05) is 18.2 Å². The van der Waals surface area contributed by atoms with Crippen LogP contribution in [0.25, 0.3) is 6.08 Å². The van der Waals surface area contributed by atoms with Gasteiger partial charge < -0.3 is 4.90 Å². The summed E-state index contributed by atoms with van der Waals surface area (Å²) in [7, 11) is 1.81. The summed E-state index contributed by atoms with van der Waals surface area (Å²) in [6.45, 7) is 2.33. The molecule has 0 fully saturated rings. The van der Waals surface area contributed by atoms with Gasteiger partial charge in [-0.3, -0.25) is 9.78 Å². The quantitative estimate of drug-likeness (QED) is 0.751. The fourth-order valence-corrected chi connectivity index (χ4v) is 1.12. The summed E-state index contributed by atoms with van der Waals surface area (Å²) in [5.74, 6) is 0.102. The van der Waals surface area contributed by atoms with Crippen LogP contribution in [0.2, 0.25) is 0 Å². The zero-order chi connectivity index (χ0) is 11.1. The minimum Gasteiger partial charge on any atom is -0.346 e. The first-order valence-electron chi connectivity index (χ1n) is 4.98. The van der Waals surface area contributed by atoms with Crippen molar-refractivity contribution in [2.24, 2.45) is 0 Å². The zero-order valence-electron chi connectivity index (χ0n) is 9.18. The highest BCUT2D eigenvalue weighted by molar-refractivity contribution is 5.72. The first kappa shape index (κ1) is 11.4. The standard InChI is InChI=1S/C12H16N2O/c1-11(15)14(2)9-4-3-6-12-7-5-8-13-10-12/h3,5-8,10H,4,9H2,1-2H3. The maximum atomic E-state index is 10.9. The maximum absolute atomic E-state index is 10.9. The van der Waals surface area contributed by atoms with Gasteiger partial charge >= 0.3 is 0 Å². The van der Waals surface area contributed by atoms with Crippen molar-refractivity contribution in [2.45, 2.75) is 13.3 Å². The van der Waals surface area contributed by atoms with Crippen LogP contribution in [0, 0.1) is 0 Å². The number of aromatic nitrogens is 1. The van der Waals surface area contributed by atoms with Crippen LogP contribution in [-0.4, -0.2) is 29.4 Å². The van der Waals surface area contributed by atoms with E-state index in [1.165, 1.54) is 0 Å². The van der Waals surface area contributed by atoms with Gasteiger partial charge in [-0.15, -0.1) is 0 Å². The molecule has 0 spiro atoms. The van der Waals surface area contributed by atoms with Crippen LogP contribution in [0.15, 0.2) is 30.6 Å². The van der Waals surface area contributed by atoms with Crippen LogP contribution in [0.5, 0.6) is 0 Å². The Morgan fingerprint density at radius 3 is 3.00 bits per heavy atom. The lowest BCUT2D eigenvalue weighted by Crippen LogP contribution is -2.24. The molecule has 80 valence electrons. The van der Waals surface area contributed by atoms with Crippen LogP contribution in [-0.2, 0) is 4.79 Å². The number of hydrogen-bond acceptors (Lipinski definition) is 2. The highest BCUT2D eigenvalue weighted by Gasteiger charge is 1.98. The third-order valence-corrected chi connectivity index (χ3v) is 2.16. The Morgan fingerprint density at radius 1 is 1.60 bits per heavy atom. The largest absolute Gasteiger partial charge is 0.346 e. The lowest BCUT2D eigenvalue weighted by atomic mass is 10.2. The molecule has 0 aliphatic heterocycles. The van der Waals surface area contributed by atoms with Gasteiger partial charge in [0.1, 0.15) is 0 Å². The van der Waals surface area contributed by atoms with E-state index in [-0.39, 0.29) is 5.91 Å². The molecule has 3 nitrogen and oxygen atoms in total. The van der Waals surface area contributed by atoms with Crippen molar-refractivity contribution in [2.75, 3.05) is 13.6 Å². The molecule has 0 N–H and O–H groups in total. The molecule has 0 atom stereocenters. The second-order valence-electron chi connectivity index (χ2n) is 3.42. The normalized spacial score (nSPS) is 10.5. The van der Waals surface area contributed by atoms with Crippen molar-refractivity contribution in [3.8, 4) is 0 Å². The predicted molar refractivity (Wildman–Crippen MR) is 61.2 cm³/mol. The van der Waals surface area contributed by atoms with Gasteiger partial charge in [0.15, 0.2) is 0 Å². The second kappa shape index (κ2) is 5.96. The van der Waals surface area contributed by atoms with Gasteiger partial charge in [0.2, 0.25) is 5.91 Å². The van der Waals surface area contributed by atoms with Crippen LogP contribution in [0.1, 0.15) is 18.9 Å². The first-order chi connectivity index (χ1) is 7.20. The third-order valence-electron chi connectivity index (χ3n) is 2.16. The summed E-state index contributed by atoms with van der Waals surface area (Å²) in [5, 5.41) is 0. The van der Waals surface area contributed by atoms with Crippen molar-refractivity contribution >= 4 is 12.0 Å². The summed E-state index contributed by atoms with van der Waals surface area (Å²) in [4.78, 5) is 16.6. The molecule has 0 radical (unpaired) electrons. The van der Waals surface area contributed by atoms with E-state index in [9.17, 15) is 4.79 Å². The minimum absolute atomic E-state index is 0.102. The molecule has 1 rings (SSSR count). The van der Waals surface area contributed by atoms with E-state index in [0.717, 1.165) is 18.5 Å². The summed E-state index contributed by atoms with van der Waals surface area (Å²) in [5.41, 5.74) is 1.09. The summed E-state index contributed by atoms with van der Waals surface area (Å²) in [6.07, 6.45) is 8.49. The van der Waals surface area contributed by atoms with Crippen LogP contribution in [0.3, 0.4) is 0 Å². The van der Waals surface area contributed by atoms with Crippen molar-refractivity contribution < 1.29 is 4.79 Å². The second-order valence-corrected chi connectivity index (χ2v) is 3.42. The summed E-state index contributed by atoms with van der Waals surface area (Å²) >= 11 is 0. The van der Waals surface area contributed by atoms with Crippen molar-refractivity contribution in [3.63, 3.8) is 0 Å². The van der Waals surface area contributed by atoms with Crippen LogP contribution in [0.4, 0.5) is 0 Å². The van der Waals surface area contributed by atoms with Gasteiger partial charge in [0, 0.05) is 32.9 Å². The van der Waals surface area contributed by atoms with Crippen molar-refractivity contribution in [1.29, 1.82) is 0 Å². The SMILES string of the molecule is CC(=O)N(C)CCC=Cc1cccnc1. The van der Waals surface area contributed by atoms with Gasteiger partial charge in [-0.05, 0) is 18.1 Å². The molecular weight excluding hydrogens is 188 g/mol.